The van der Waals surface area contributed by atoms with E-state index in [9.17, 15) is 9.90 Å². The molecule has 1 amide bonds. The first-order chi connectivity index (χ1) is 10.7. The number of aromatic hydroxyl groups is 1. The topological polar surface area (TPSA) is 87.4 Å². The van der Waals surface area contributed by atoms with E-state index in [2.05, 4.69) is 10.4 Å². The summed E-state index contributed by atoms with van der Waals surface area (Å²) in [5.74, 6) is -0.0609. The summed E-state index contributed by atoms with van der Waals surface area (Å²) in [6, 6.07) is 12.1. The van der Waals surface area contributed by atoms with Crippen molar-refractivity contribution in [3.63, 3.8) is 0 Å². The number of phenols is 1. The van der Waals surface area contributed by atoms with Crippen LogP contribution in [0.4, 0.5) is 0 Å². The van der Waals surface area contributed by atoms with E-state index in [1.54, 1.807) is 47.3 Å². The van der Waals surface area contributed by atoms with Gasteiger partial charge < -0.3 is 15.5 Å². The van der Waals surface area contributed by atoms with Crippen LogP contribution in [-0.2, 0) is 0 Å². The number of aliphatic hydroxyl groups excluding tert-OH is 1. The van der Waals surface area contributed by atoms with Crippen molar-refractivity contribution in [2.45, 2.75) is 0 Å². The van der Waals surface area contributed by atoms with Gasteiger partial charge in [0.1, 0.15) is 5.75 Å². The fraction of sp³-hybridized carbons (Fsp3) is 0.125. The van der Waals surface area contributed by atoms with Crippen molar-refractivity contribution < 1.29 is 15.0 Å². The Labute approximate surface area is 126 Å². The molecule has 0 fully saturated rings. The highest BCUT2D eigenvalue weighted by Crippen LogP contribution is 2.22. The van der Waals surface area contributed by atoms with Gasteiger partial charge in [0.2, 0.25) is 0 Å². The van der Waals surface area contributed by atoms with E-state index < -0.39 is 0 Å². The number of aliphatic hydroxyl groups is 1. The van der Waals surface area contributed by atoms with Crippen LogP contribution in [-0.4, -0.2) is 39.1 Å². The minimum absolute atomic E-state index is 0.0985. The number of aromatic nitrogens is 2. The number of carbonyl (C=O) groups is 1. The lowest BCUT2D eigenvalue weighted by Crippen LogP contribution is -2.26. The molecule has 112 valence electrons. The van der Waals surface area contributed by atoms with Gasteiger partial charge in [-0.1, -0.05) is 6.07 Å². The quantitative estimate of drug-likeness (QED) is 0.680. The van der Waals surface area contributed by atoms with Crippen LogP contribution < -0.4 is 5.32 Å². The van der Waals surface area contributed by atoms with Gasteiger partial charge in [-0.05, 0) is 36.4 Å². The number of hydrogen-bond acceptors (Lipinski definition) is 4. The monoisotopic (exact) mass is 297 g/mol. The molecule has 0 radical (unpaired) electrons. The molecule has 3 aromatic rings. The Morgan fingerprint density at radius 1 is 1.23 bits per heavy atom. The Morgan fingerprint density at radius 3 is 2.91 bits per heavy atom. The molecule has 0 aliphatic heterocycles. The van der Waals surface area contributed by atoms with Gasteiger partial charge in [0, 0.05) is 17.5 Å². The summed E-state index contributed by atoms with van der Waals surface area (Å²) in [5, 5.41) is 26.0. The van der Waals surface area contributed by atoms with E-state index in [0.717, 1.165) is 16.6 Å². The first-order valence-corrected chi connectivity index (χ1v) is 6.85. The van der Waals surface area contributed by atoms with Crippen LogP contribution in [0.25, 0.3) is 16.6 Å². The predicted molar refractivity (Wildman–Crippen MR) is 82.2 cm³/mol. The first-order valence-electron chi connectivity index (χ1n) is 6.85. The molecule has 0 unspecified atom stereocenters. The minimum atomic E-state index is -0.245. The molecular weight excluding hydrogens is 282 g/mol. The molecule has 0 atom stereocenters. The third-order valence-corrected chi connectivity index (χ3v) is 3.30. The zero-order valence-corrected chi connectivity index (χ0v) is 11.7. The third-order valence-electron chi connectivity index (χ3n) is 3.30. The highest BCUT2D eigenvalue weighted by atomic mass is 16.3. The Bertz CT molecular complexity index is 826. The van der Waals surface area contributed by atoms with Crippen LogP contribution in [0.2, 0.25) is 0 Å². The second kappa shape index (κ2) is 5.87. The van der Waals surface area contributed by atoms with Gasteiger partial charge >= 0.3 is 0 Å². The van der Waals surface area contributed by atoms with E-state index in [-0.39, 0.29) is 24.8 Å². The molecular formula is C16H15N3O3. The van der Waals surface area contributed by atoms with E-state index >= 15 is 0 Å². The molecule has 0 bridgehead atoms. The average molecular weight is 297 g/mol. The number of benzene rings is 2. The number of carbonyl (C=O) groups excluding carboxylic acids is 1. The van der Waals surface area contributed by atoms with Crippen molar-refractivity contribution >= 4 is 16.8 Å². The van der Waals surface area contributed by atoms with Crippen LogP contribution in [0.3, 0.4) is 0 Å². The lowest BCUT2D eigenvalue weighted by molar-refractivity contribution is 0.0944. The van der Waals surface area contributed by atoms with Gasteiger partial charge in [-0.15, -0.1) is 0 Å². The highest BCUT2D eigenvalue weighted by molar-refractivity contribution is 5.95. The molecule has 0 saturated heterocycles. The fourth-order valence-corrected chi connectivity index (χ4v) is 2.28. The summed E-state index contributed by atoms with van der Waals surface area (Å²) in [6.07, 6.45) is 1.66. The maximum absolute atomic E-state index is 11.9. The molecule has 2 aromatic carbocycles. The maximum Gasteiger partial charge on any atom is 0.251 e. The van der Waals surface area contributed by atoms with Crippen molar-refractivity contribution in [1.29, 1.82) is 0 Å². The van der Waals surface area contributed by atoms with Crippen LogP contribution in [0.1, 0.15) is 10.4 Å². The maximum atomic E-state index is 11.9. The lowest BCUT2D eigenvalue weighted by atomic mass is 10.2. The fourth-order valence-electron chi connectivity index (χ4n) is 2.28. The molecule has 3 rings (SSSR count). The Balaban J connectivity index is 1.99. The van der Waals surface area contributed by atoms with E-state index in [0.29, 0.717) is 5.56 Å². The number of phenolic OH excluding ortho intramolecular Hbond substituents is 1. The number of nitrogens with zero attached hydrogens (tertiary/aromatic N) is 2. The average Bonchev–Trinajstić information content (AvgIpc) is 2.95. The largest absolute Gasteiger partial charge is 0.508 e. The molecule has 6 heteroatoms. The second-order valence-corrected chi connectivity index (χ2v) is 4.83. The van der Waals surface area contributed by atoms with E-state index in [1.807, 2.05) is 6.07 Å². The molecule has 22 heavy (non-hydrogen) atoms. The summed E-state index contributed by atoms with van der Waals surface area (Å²) in [5.41, 5.74) is 2.08. The van der Waals surface area contributed by atoms with Gasteiger partial charge in [0.15, 0.2) is 0 Å². The van der Waals surface area contributed by atoms with Crippen molar-refractivity contribution in [3.05, 3.63) is 54.2 Å². The van der Waals surface area contributed by atoms with Crippen LogP contribution in [0, 0.1) is 0 Å². The van der Waals surface area contributed by atoms with Gasteiger partial charge in [-0.25, -0.2) is 4.68 Å². The second-order valence-electron chi connectivity index (χ2n) is 4.83. The molecule has 0 spiro atoms. The van der Waals surface area contributed by atoms with Crippen molar-refractivity contribution in [2.24, 2.45) is 0 Å². The third kappa shape index (κ3) is 2.64. The van der Waals surface area contributed by atoms with Crippen molar-refractivity contribution in [1.82, 2.24) is 15.1 Å². The van der Waals surface area contributed by atoms with Gasteiger partial charge in [0.25, 0.3) is 5.91 Å². The molecule has 1 heterocycles. The van der Waals surface area contributed by atoms with E-state index in [4.69, 9.17) is 5.11 Å². The number of amides is 1. The zero-order valence-electron chi connectivity index (χ0n) is 11.7. The van der Waals surface area contributed by atoms with Gasteiger partial charge in [-0.3, -0.25) is 4.79 Å². The molecule has 0 saturated carbocycles. The summed E-state index contributed by atoms with van der Waals surface area (Å²) >= 11 is 0. The predicted octanol–water partition coefficient (Wildman–Crippen LogP) is 1.45. The Hall–Kier alpha value is -2.86. The summed E-state index contributed by atoms with van der Waals surface area (Å²) < 4.78 is 1.71. The Morgan fingerprint density at radius 2 is 2.09 bits per heavy atom. The van der Waals surface area contributed by atoms with Crippen molar-refractivity contribution in [3.8, 4) is 11.4 Å². The zero-order chi connectivity index (χ0) is 15.5. The first kappa shape index (κ1) is 14.1. The highest BCUT2D eigenvalue weighted by Gasteiger charge is 2.09. The van der Waals surface area contributed by atoms with Gasteiger partial charge in [0.05, 0.1) is 24.0 Å². The number of hydrogen-bond donors (Lipinski definition) is 3. The molecule has 3 N–H and O–H groups in total. The summed E-state index contributed by atoms with van der Waals surface area (Å²) in [7, 11) is 0. The van der Waals surface area contributed by atoms with E-state index in [1.165, 1.54) is 0 Å². The van der Waals surface area contributed by atoms with Gasteiger partial charge in [-0.2, -0.15) is 5.10 Å². The normalized spacial score (nSPS) is 10.8. The molecule has 0 aliphatic rings. The van der Waals surface area contributed by atoms with Crippen LogP contribution >= 0.6 is 0 Å². The summed E-state index contributed by atoms with van der Waals surface area (Å²) in [6.45, 7) is 0.117. The van der Waals surface area contributed by atoms with Crippen LogP contribution in [0.15, 0.2) is 48.7 Å². The molecule has 0 aliphatic carbocycles. The molecule has 6 nitrogen and oxygen atoms in total. The number of nitrogens with one attached hydrogen (secondary N) is 1. The SMILES string of the molecule is O=C(NCCO)c1cccc(-n2ncc3cc(O)ccc32)c1. The van der Waals surface area contributed by atoms with Crippen molar-refractivity contribution in [2.75, 3.05) is 13.2 Å². The summed E-state index contributed by atoms with van der Waals surface area (Å²) in [4.78, 5) is 11.9. The lowest BCUT2D eigenvalue weighted by Gasteiger charge is -2.07. The molecule has 1 aromatic heterocycles. The minimum Gasteiger partial charge on any atom is -0.508 e. The van der Waals surface area contributed by atoms with Crippen LogP contribution in [0.5, 0.6) is 5.75 Å². The number of fused-ring (bicyclic) bond motifs is 1. The standard InChI is InChI=1S/C16H15N3O3/c20-7-6-17-16(22)11-2-1-3-13(8-11)19-15-5-4-14(21)9-12(15)10-18-19/h1-5,8-10,20-21H,6-7H2,(H,17,22). The number of rotatable bonds is 4. The smallest absolute Gasteiger partial charge is 0.251 e. The Kier molecular flexibility index (Phi) is 3.76.